The van der Waals surface area contributed by atoms with Crippen LogP contribution in [0.1, 0.15) is 50.7 Å². The lowest BCUT2D eigenvalue weighted by Crippen LogP contribution is -2.41. The summed E-state index contributed by atoms with van der Waals surface area (Å²) in [6, 6.07) is 16.5. The van der Waals surface area contributed by atoms with Gasteiger partial charge in [0.1, 0.15) is 5.82 Å². The monoisotopic (exact) mass is 447 g/mol. The summed E-state index contributed by atoms with van der Waals surface area (Å²) in [6.07, 6.45) is 7.32. The van der Waals surface area contributed by atoms with Crippen LogP contribution in [-0.4, -0.2) is 33.4 Å². The number of amides is 1. The van der Waals surface area contributed by atoms with E-state index in [-0.39, 0.29) is 5.91 Å². The molecule has 0 bridgehead atoms. The largest absolute Gasteiger partial charge is 0.343 e. The Hall–Kier alpha value is -2.59. The number of likely N-dealkylation sites (tertiary alicyclic amines) is 1. The Kier molecular flexibility index (Phi) is 5.58. The van der Waals surface area contributed by atoms with E-state index in [1.54, 1.807) is 0 Å². The summed E-state index contributed by atoms with van der Waals surface area (Å²) in [7, 11) is 0. The zero-order chi connectivity index (χ0) is 22.3. The van der Waals surface area contributed by atoms with Crippen molar-refractivity contribution in [2.24, 2.45) is 11.8 Å². The average molecular weight is 448 g/mol. The molecule has 0 saturated carbocycles. The predicted octanol–water partition coefficient (Wildman–Crippen LogP) is 5.98. The van der Waals surface area contributed by atoms with Crippen LogP contribution in [0.5, 0.6) is 0 Å². The number of hydrogen-bond acceptors (Lipinski definition) is 2. The Morgan fingerprint density at radius 1 is 1.12 bits per heavy atom. The lowest BCUT2D eigenvalue weighted by Gasteiger charge is -2.36. The van der Waals surface area contributed by atoms with Gasteiger partial charge in [-0.15, -0.1) is 0 Å². The average Bonchev–Trinajstić information content (AvgIpc) is 3.39. The van der Waals surface area contributed by atoms with E-state index in [9.17, 15) is 4.79 Å². The van der Waals surface area contributed by atoms with E-state index < -0.39 is 5.54 Å². The Morgan fingerprint density at radius 3 is 2.56 bits per heavy atom. The number of nitrogens with zero attached hydrogens (tertiary/aromatic N) is 3. The minimum atomic E-state index is -0.459. The highest BCUT2D eigenvalue weighted by atomic mass is 35.5. The number of carbonyl (C=O) groups excluding carboxylic acids is 1. The Bertz CT molecular complexity index is 1110. The lowest BCUT2D eigenvalue weighted by atomic mass is 9.79. The molecule has 0 spiro atoms. The van der Waals surface area contributed by atoms with Gasteiger partial charge < -0.3 is 9.47 Å². The van der Waals surface area contributed by atoms with Crippen LogP contribution in [-0.2, 0) is 10.3 Å². The summed E-state index contributed by atoms with van der Waals surface area (Å²) in [4.78, 5) is 20.0. The van der Waals surface area contributed by atoms with E-state index in [4.69, 9.17) is 11.6 Å². The topological polar surface area (TPSA) is 38.1 Å². The second kappa shape index (κ2) is 8.40. The quantitative estimate of drug-likeness (QED) is 0.482. The summed E-state index contributed by atoms with van der Waals surface area (Å²) < 4.78 is 2.25. The first-order chi connectivity index (χ1) is 15.5. The number of carbonyl (C=O) groups is 1. The normalized spacial score (nSPS) is 20.4. The number of benzene rings is 2. The highest BCUT2D eigenvalue weighted by Gasteiger charge is 2.45. The molecule has 1 amide bonds. The second-order valence-electron chi connectivity index (χ2n) is 9.50. The van der Waals surface area contributed by atoms with E-state index in [0.717, 1.165) is 48.8 Å². The Balaban J connectivity index is 1.47. The van der Waals surface area contributed by atoms with Crippen molar-refractivity contribution in [3.8, 4) is 11.4 Å². The molecule has 1 fully saturated rings. The molecule has 2 aromatic carbocycles. The number of piperidine rings is 1. The van der Waals surface area contributed by atoms with Gasteiger partial charge in [-0.2, -0.15) is 0 Å². The van der Waals surface area contributed by atoms with Crippen LogP contribution in [0.15, 0.2) is 60.9 Å². The molecule has 4 nitrogen and oxygen atoms in total. The first kappa shape index (κ1) is 21.3. The lowest BCUT2D eigenvalue weighted by molar-refractivity contribution is -0.133. The number of imidazole rings is 1. The molecule has 0 aliphatic carbocycles. The van der Waals surface area contributed by atoms with E-state index in [2.05, 4.69) is 64.7 Å². The first-order valence-electron chi connectivity index (χ1n) is 11.7. The van der Waals surface area contributed by atoms with Gasteiger partial charge in [-0.25, -0.2) is 4.98 Å². The molecular weight excluding hydrogens is 418 g/mol. The smallest absolute Gasteiger partial charge is 0.222 e. The van der Waals surface area contributed by atoms with Crippen molar-refractivity contribution in [2.75, 3.05) is 13.1 Å². The molecule has 32 heavy (non-hydrogen) atoms. The molecule has 5 heteroatoms. The maximum absolute atomic E-state index is 13.3. The van der Waals surface area contributed by atoms with E-state index in [1.165, 1.54) is 5.56 Å². The summed E-state index contributed by atoms with van der Waals surface area (Å²) in [5.74, 6) is 2.64. The summed E-state index contributed by atoms with van der Waals surface area (Å²) in [5, 5.41) is 0.713. The standard InChI is InChI=1S/C27H30ClN3O/c1-19(2)20-12-16-30(17-13-20)25(32)11-14-27(21-7-9-22(28)10-8-21)24-6-4-3-5-23(24)26-29-15-18-31(26)27/h3-10,15,18-20H,11-14,16-17H2,1-2H3. The summed E-state index contributed by atoms with van der Waals surface area (Å²) >= 11 is 6.23. The number of halogens is 1. The van der Waals surface area contributed by atoms with Gasteiger partial charge in [-0.1, -0.05) is 61.8 Å². The SMILES string of the molecule is CC(C)C1CCN(C(=O)CCC2(c3ccc(Cl)cc3)c3ccccc3-c3nccn32)CC1. The summed E-state index contributed by atoms with van der Waals surface area (Å²) in [5.41, 5.74) is 3.02. The minimum absolute atomic E-state index is 0.256. The first-order valence-corrected chi connectivity index (χ1v) is 12.1. The van der Waals surface area contributed by atoms with Crippen molar-refractivity contribution in [2.45, 2.75) is 45.1 Å². The van der Waals surface area contributed by atoms with Crippen molar-refractivity contribution >= 4 is 17.5 Å². The van der Waals surface area contributed by atoms with Crippen LogP contribution < -0.4 is 0 Å². The zero-order valence-corrected chi connectivity index (χ0v) is 19.6. The van der Waals surface area contributed by atoms with Crippen molar-refractivity contribution in [3.63, 3.8) is 0 Å². The molecule has 5 rings (SSSR count). The fourth-order valence-electron chi connectivity index (χ4n) is 5.66. The van der Waals surface area contributed by atoms with Crippen molar-refractivity contribution in [3.05, 3.63) is 77.1 Å². The molecule has 2 aliphatic heterocycles. The molecule has 1 saturated heterocycles. The molecule has 1 atom stereocenters. The number of hydrogen-bond donors (Lipinski definition) is 0. The van der Waals surface area contributed by atoms with Crippen LogP contribution in [0.25, 0.3) is 11.4 Å². The molecule has 1 unspecified atom stereocenters. The Labute approximate surface area is 195 Å². The van der Waals surface area contributed by atoms with Gasteiger partial charge >= 0.3 is 0 Å². The van der Waals surface area contributed by atoms with Crippen LogP contribution >= 0.6 is 11.6 Å². The van der Waals surface area contributed by atoms with Crippen LogP contribution in [0.3, 0.4) is 0 Å². The molecule has 1 aromatic heterocycles. The third-order valence-corrected chi connectivity index (χ3v) is 7.78. The molecule has 0 radical (unpaired) electrons. The van der Waals surface area contributed by atoms with E-state index in [0.29, 0.717) is 23.8 Å². The third kappa shape index (κ3) is 3.45. The van der Waals surface area contributed by atoms with E-state index in [1.807, 2.05) is 24.5 Å². The number of fused-ring (bicyclic) bond motifs is 3. The maximum Gasteiger partial charge on any atom is 0.222 e. The van der Waals surface area contributed by atoms with Gasteiger partial charge in [0.15, 0.2) is 0 Å². The molecule has 2 aliphatic rings. The maximum atomic E-state index is 13.3. The highest BCUT2D eigenvalue weighted by Crippen LogP contribution is 2.49. The van der Waals surface area contributed by atoms with Gasteiger partial charge in [-0.3, -0.25) is 4.79 Å². The molecular formula is C27H30ClN3O. The Morgan fingerprint density at radius 2 is 1.84 bits per heavy atom. The van der Waals surface area contributed by atoms with Crippen LogP contribution in [0.2, 0.25) is 5.02 Å². The fourth-order valence-corrected chi connectivity index (χ4v) is 5.79. The van der Waals surface area contributed by atoms with Gasteiger partial charge in [0.2, 0.25) is 5.91 Å². The second-order valence-corrected chi connectivity index (χ2v) is 9.93. The van der Waals surface area contributed by atoms with Crippen LogP contribution in [0.4, 0.5) is 0 Å². The third-order valence-electron chi connectivity index (χ3n) is 7.52. The zero-order valence-electron chi connectivity index (χ0n) is 18.8. The van der Waals surface area contributed by atoms with Gasteiger partial charge in [0.05, 0.1) is 5.54 Å². The van der Waals surface area contributed by atoms with Crippen molar-refractivity contribution < 1.29 is 4.79 Å². The molecule has 166 valence electrons. The predicted molar refractivity (Wildman–Crippen MR) is 129 cm³/mol. The molecule has 3 aromatic rings. The summed E-state index contributed by atoms with van der Waals surface area (Å²) in [6.45, 7) is 6.33. The highest BCUT2D eigenvalue weighted by molar-refractivity contribution is 6.30. The van der Waals surface area contributed by atoms with Crippen molar-refractivity contribution in [1.29, 1.82) is 0 Å². The minimum Gasteiger partial charge on any atom is -0.343 e. The van der Waals surface area contributed by atoms with Crippen molar-refractivity contribution in [1.82, 2.24) is 14.5 Å². The fraction of sp³-hybridized carbons (Fsp3) is 0.407. The molecule has 0 N–H and O–H groups in total. The van der Waals surface area contributed by atoms with Gasteiger partial charge in [-0.05, 0) is 54.4 Å². The van der Waals surface area contributed by atoms with Gasteiger partial charge in [0.25, 0.3) is 0 Å². The van der Waals surface area contributed by atoms with Gasteiger partial charge in [0, 0.05) is 42.5 Å². The number of aromatic nitrogens is 2. The van der Waals surface area contributed by atoms with Crippen LogP contribution in [0, 0.1) is 11.8 Å². The van der Waals surface area contributed by atoms with E-state index >= 15 is 0 Å². The number of rotatable bonds is 5. The molecule has 3 heterocycles.